The number of anilines is 1. The van der Waals surface area contributed by atoms with Gasteiger partial charge in [0, 0.05) is 24.0 Å². The zero-order valence-electron chi connectivity index (χ0n) is 10.4. The first-order valence-corrected chi connectivity index (χ1v) is 5.49. The summed E-state index contributed by atoms with van der Waals surface area (Å²) in [5.74, 6) is -0.506. The molecule has 6 nitrogen and oxygen atoms in total. The molecule has 1 aromatic heterocycles. The highest BCUT2D eigenvalue weighted by Gasteiger charge is 2.12. The van der Waals surface area contributed by atoms with E-state index in [2.05, 4.69) is 15.5 Å². The molecule has 1 amide bonds. The molecular weight excluding hydrogens is 303 g/mol. The quantitative estimate of drug-likeness (QED) is 0.679. The minimum Gasteiger partial charge on any atom is -0.382 e. The molecule has 8 heteroatoms. The number of aromatic amines is 1. The first-order chi connectivity index (χ1) is 8.70. The lowest BCUT2D eigenvalue weighted by atomic mass is 10.1. The van der Waals surface area contributed by atoms with Gasteiger partial charge >= 0.3 is 0 Å². The van der Waals surface area contributed by atoms with Crippen LogP contribution in [0.5, 0.6) is 0 Å². The molecule has 1 atom stereocenters. The van der Waals surface area contributed by atoms with Crippen LogP contribution in [0.4, 0.5) is 5.69 Å². The molecule has 1 unspecified atom stereocenters. The zero-order chi connectivity index (χ0) is 13.0. The highest BCUT2D eigenvalue weighted by atomic mass is 35.5. The minimum atomic E-state index is -1.18. The molecule has 1 heterocycles. The standard InChI is InChI=1S/C12H14N4O2.2ClH/c13-5-11(17)12(18)16-10-3-1-8(2-4-10)9-6-14-15-7-9;;/h1-4,6-7,11,17H,5,13H2,(H,14,15)(H,16,18);2*1H. The molecule has 0 bridgehead atoms. The molecule has 0 spiro atoms. The number of aliphatic hydroxyl groups excluding tert-OH is 1. The van der Waals surface area contributed by atoms with Crippen molar-refractivity contribution in [3.8, 4) is 11.1 Å². The molecule has 0 saturated carbocycles. The number of nitrogens with one attached hydrogen (secondary N) is 2. The fourth-order valence-electron chi connectivity index (χ4n) is 1.49. The predicted molar refractivity (Wildman–Crippen MR) is 82.2 cm³/mol. The Morgan fingerprint density at radius 1 is 1.30 bits per heavy atom. The number of aliphatic hydroxyl groups is 1. The number of amides is 1. The van der Waals surface area contributed by atoms with Crippen LogP contribution in [0.3, 0.4) is 0 Å². The van der Waals surface area contributed by atoms with Gasteiger partial charge in [-0.1, -0.05) is 12.1 Å². The van der Waals surface area contributed by atoms with E-state index >= 15 is 0 Å². The summed E-state index contributed by atoms with van der Waals surface area (Å²) in [6, 6.07) is 7.22. The van der Waals surface area contributed by atoms with E-state index < -0.39 is 12.0 Å². The van der Waals surface area contributed by atoms with Crippen LogP contribution in [-0.4, -0.2) is 33.9 Å². The van der Waals surface area contributed by atoms with E-state index in [1.165, 1.54) is 0 Å². The molecule has 20 heavy (non-hydrogen) atoms. The zero-order valence-corrected chi connectivity index (χ0v) is 12.1. The van der Waals surface area contributed by atoms with Gasteiger partial charge in [0.15, 0.2) is 0 Å². The third-order valence-electron chi connectivity index (χ3n) is 2.51. The number of hydrogen-bond acceptors (Lipinski definition) is 4. The first kappa shape index (κ1) is 18.4. The molecule has 110 valence electrons. The van der Waals surface area contributed by atoms with Crippen molar-refractivity contribution in [1.29, 1.82) is 0 Å². The second-order valence-corrected chi connectivity index (χ2v) is 3.81. The van der Waals surface area contributed by atoms with Crippen molar-refractivity contribution in [3.63, 3.8) is 0 Å². The van der Waals surface area contributed by atoms with Crippen LogP contribution in [0.2, 0.25) is 0 Å². The van der Waals surface area contributed by atoms with E-state index in [0.717, 1.165) is 11.1 Å². The van der Waals surface area contributed by atoms with E-state index in [4.69, 9.17) is 5.73 Å². The van der Waals surface area contributed by atoms with Crippen LogP contribution in [0, 0.1) is 0 Å². The van der Waals surface area contributed by atoms with Crippen molar-refractivity contribution in [2.45, 2.75) is 6.10 Å². The van der Waals surface area contributed by atoms with Crippen molar-refractivity contribution in [3.05, 3.63) is 36.7 Å². The Labute approximate surface area is 128 Å². The van der Waals surface area contributed by atoms with Gasteiger partial charge < -0.3 is 16.2 Å². The smallest absolute Gasteiger partial charge is 0.254 e. The van der Waals surface area contributed by atoms with Crippen molar-refractivity contribution < 1.29 is 9.90 Å². The summed E-state index contributed by atoms with van der Waals surface area (Å²) in [5, 5.41) is 18.4. The molecule has 0 aliphatic carbocycles. The lowest BCUT2D eigenvalue weighted by Crippen LogP contribution is -2.34. The van der Waals surface area contributed by atoms with Crippen molar-refractivity contribution in [2.24, 2.45) is 5.73 Å². The topological polar surface area (TPSA) is 104 Å². The summed E-state index contributed by atoms with van der Waals surface area (Å²) in [5.41, 5.74) is 7.76. The van der Waals surface area contributed by atoms with Crippen molar-refractivity contribution in [2.75, 3.05) is 11.9 Å². The molecular formula is C12H16Cl2N4O2. The van der Waals surface area contributed by atoms with Crippen molar-refractivity contribution in [1.82, 2.24) is 10.2 Å². The summed E-state index contributed by atoms with van der Waals surface area (Å²) >= 11 is 0. The summed E-state index contributed by atoms with van der Waals surface area (Å²) < 4.78 is 0. The first-order valence-electron chi connectivity index (χ1n) is 5.49. The van der Waals surface area contributed by atoms with Crippen LogP contribution in [-0.2, 0) is 4.79 Å². The van der Waals surface area contributed by atoms with Gasteiger partial charge in [-0.15, -0.1) is 24.8 Å². The average Bonchev–Trinajstić information content (AvgIpc) is 2.92. The summed E-state index contributed by atoms with van der Waals surface area (Å²) in [6.45, 7) is -0.0983. The van der Waals surface area contributed by atoms with Gasteiger partial charge in [-0.25, -0.2) is 0 Å². The van der Waals surface area contributed by atoms with Gasteiger partial charge in [0.2, 0.25) is 0 Å². The van der Waals surface area contributed by atoms with E-state index in [1.54, 1.807) is 24.5 Å². The number of nitrogens with two attached hydrogens (primary N) is 1. The maximum absolute atomic E-state index is 11.4. The summed E-state index contributed by atoms with van der Waals surface area (Å²) in [4.78, 5) is 11.4. The fourth-order valence-corrected chi connectivity index (χ4v) is 1.49. The number of H-pyrrole nitrogens is 1. The Kier molecular flexibility index (Phi) is 7.86. The molecule has 2 aromatic rings. The number of nitrogens with zero attached hydrogens (tertiary/aromatic N) is 1. The number of aromatic nitrogens is 2. The Morgan fingerprint density at radius 2 is 1.95 bits per heavy atom. The number of carbonyl (C=O) groups excluding carboxylic acids is 1. The maximum Gasteiger partial charge on any atom is 0.254 e. The Morgan fingerprint density at radius 3 is 2.45 bits per heavy atom. The highest BCUT2D eigenvalue weighted by molar-refractivity contribution is 5.94. The predicted octanol–water partition coefficient (Wildman–Crippen LogP) is 1.18. The molecule has 5 N–H and O–H groups in total. The number of carbonyl (C=O) groups is 1. The summed E-state index contributed by atoms with van der Waals surface area (Å²) in [6.07, 6.45) is 2.32. The van der Waals surface area contributed by atoms with Crippen molar-refractivity contribution >= 4 is 36.4 Å². The van der Waals surface area contributed by atoms with Gasteiger partial charge in [-0.2, -0.15) is 5.10 Å². The second-order valence-electron chi connectivity index (χ2n) is 3.81. The maximum atomic E-state index is 11.4. The van der Waals surface area contributed by atoms with Gasteiger partial charge in [-0.3, -0.25) is 9.89 Å². The van der Waals surface area contributed by atoms with E-state index in [9.17, 15) is 9.90 Å². The Hall–Kier alpha value is -1.60. The fraction of sp³-hybridized carbons (Fsp3) is 0.167. The highest BCUT2D eigenvalue weighted by Crippen LogP contribution is 2.19. The number of hydrogen-bond donors (Lipinski definition) is 4. The van der Waals surface area contributed by atoms with Crippen LogP contribution >= 0.6 is 24.8 Å². The SMILES string of the molecule is Cl.Cl.NCC(O)C(=O)Nc1ccc(-c2cn[nH]c2)cc1. The molecule has 1 aromatic carbocycles. The van der Waals surface area contributed by atoms with E-state index in [1.807, 2.05) is 12.1 Å². The lowest BCUT2D eigenvalue weighted by molar-refractivity contribution is -0.123. The van der Waals surface area contributed by atoms with Gasteiger partial charge in [0.1, 0.15) is 6.10 Å². The number of halogens is 2. The van der Waals surface area contributed by atoms with Gasteiger partial charge in [-0.05, 0) is 17.7 Å². The van der Waals surface area contributed by atoms with Crippen LogP contribution in [0.25, 0.3) is 11.1 Å². The van der Waals surface area contributed by atoms with Crippen LogP contribution in [0.15, 0.2) is 36.7 Å². The monoisotopic (exact) mass is 318 g/mol. The molecule has 0 fully saturated rings. The largest absolute Gasteiger partial charge is 0.382 e. The third-order valence-corrected chi connectivity index (χ3v) is 2.51. The molecule has 0 saturated heterocycles. The minimum absolute atomic E-state index is 0. The molecule has 0 radical (unpaired) electrons. The molecule has 0 aliphatic heterocycles. The van der Waals surface area contributed by atoms with Gasteiger partial charge in [0.25, 0.3) is 5.91 Å². The Balaban J connectivity index is 0.00000180. The normalized spacial score (nSPS) is 10.9. The van der Waals surface area contributed by atoms with Crippen LogP contribution < -0.4 is 11.1 Å². The van der Waals surface area contributed by atoms with E-state index in [-0.39, 0.29) is 31.4 Å². The summed E-state index contributed by atoms with van der Waals surface area (Å²) in [7, 11) is 0. The third kappa shape index (κ3) is 4.50. The molecule has 2 rings (SSSR count). The Bertz CT molecular complexity index is 517. The number of benzene rings is 1. The van der Waals surface area contributed by atoms with Crippen LogP contribution in [0.1, 0.15) is 0 Å². The number of rotatable bonds is 4. The van der Waals surface area contributed by atoms with Gasteiger partial charge in [0.05, 0.1) is 6.20 Å². The lowest BCUT2D eigenvalue weighted by Gasteiger charge is -2.09. The van der Waals surface area contributed by atoms with E-state index in [0.29, 0.717) is 5.69 Å². The second kappa shape index (κ2) is 8.55. The average molecular weight is 319 g/mol. The molecule has 0 aliphatic rings.